The summed E-state index contributed by atoms with van der Waals surface area (Å²) in [5, 5.41) is 3.29. The molecule has 1 aromatic carbocycles. The van der Waals surface area contributed by atoms with Crippen molar-refractivity contribution in [2.24, 2.45) is 0 Å². The SMILES string of the molecule is CC(C)NCc1cc(F)ccc1N1CCCS(=O)(=O)CC1. The van der Waals surface area contributed by atoms with Gasteiger partial charge in [0.15, 0.2) is 9.84 Å². The fourth-order valence-corrected chi connectivity index (χ4v) is 3.77. The van der Waals surface area contributed by atoms with Gasteiger partial charge in [0.2, 0.25) is 0 Å². The number of hydrogen-bond donors (Lipinski definition) is 1. The third kappa shape index (κ3) is 4.68. The third-order valence-electron chi connectivity index (χ3n) is 3.64. The predicted molar refractivity (Wildman–Crippen MR) is 83.9 cm³/mol. The number of sulfone groups is 1. The maximum absolute atomic E-state index is 13.5. The number of nitrogens with zero attached hydrogens (tertiary/aromatic N) is 1. The fourth-order valence-electron chi connectivity index (χ4n) is 2.50. The molecule has 1 aromatic rings. The van der Waals surface area contributed by atoms with Crippen molar-refractivity contribution < 1.29 is 12.8 Å². The van der Waals surface area contributed by atoms with Crippen LogP contribution in [0.1, 0.15) is 25.8 Å². The summed E-state index contributed by atoms with van der Waals surface area (Å²) in [7, 11) is -2.94. The minimum absolute atomic E-state index is 0.168. The van der Waals surface area contributed by atoms with Crippen LogP contribution in [0.5, 0.6) is 0 Å². The van der Waals surface area contributed by atoms with Crippen molar-refractivity contribution in [3.63, 3.8) is 0 Å². The first-order valence-electron chi connectivity index (χ1n) is 7.34. The number of hydrogen-bond acceptors (Lipinski definition) is 4. The number of rotatable bonds is 4. The molecule has 21 heavy (non-hydrogen) atoms. The van der Waals surface area contributed by atoms with E-state index in [4.69, 9.17) is 0 Å². The molecule has 1 aliphatic rings. The Morgan fingerprint density at radius 3 is 2.76 bits per heavy atom. The quantitative estimate of drug-likeness (QED) is 0.923. The van der Waals surface area contributed by atoms with Gasteiger partial charge in [-0.15, -0.1) is 0 Å². The molecular formula is C15H23FN2O2S. The summed E-state index contributed by atoms with van der Waals surface area (Å²) in [6, 6.07) is 5.04. The summed E-state index contributed by atoms with van der Waals surface area (Å²) in [6.07, 6.45) is 0.622. The van der Waals surface area contributed by atoms with Crippen molar-refractivity contribution >= 4 is 15.5 Å². The van der Waals surface area contributed by atoms with Gasteiger partial charge in [-0.25, -0.2) is 12.8 Å². The first kappa shape index (κ1) is 16.2. The average Bonchev–Trinajstić information content (AvgIpc) is 2.57. The third-order valence-corrected chi connectivity index (χ3v) is 5.35. The second kappa shape index (κ2) is 6.75. The van der Waals surface area contributed by atoms with Crippen molar-refractivity contribution in [3.8, 4) is 0 Å². The zero-order valence-corrected chi connectivity index (χ0v) is 13.4. The molecule has 0 aliphatic carbocycles. The van der Waals surface area contributed by atoms with Gasteiger partial charge in [-0.3, -0.25) is 0 Å². The van der Waals surface area contributed by atoms with Crippen LogP contribution >= 0.6 is 0 Å². The van der Waals surface area contributed by atoms with Crippen LogP contribution in [0.25, 0.3) is 0 Å². The van der Waals surface area contributed by atoms with Crippen LogP contribution in [-0.2, 0) is 16.4 Å². The van der Waals surface area contributed by atoms with Crippen molar-refractivity contribution in [1.82, 2.24) is 5.32 Å². The summed E-state index contributed by atoms with van der Waals surface area (Å²) >= 11 is 0. The topological polar surface area (TPSA) is 49.4 Å². The van der Waals surface area contributed by atoms with E-state index in [1.54, 1.807) is 6.07 Å². The standard InChI is InChI=1S/C15H23FN2O2S/c1-12(2)17-11-13-10-14(16)4-5-15(13)18-6-3-8-21(19,20)9-7-18/h4-5,10,12,17H,3,6-9,11H2,1-2H3. The zero-order chi connectivity index (χ0) is 15.5. The molecule has 1 fully saturated rings. The predicted octanol–water partition coefficient (Wildman–Crippen LogP) is 1.95. The lowest BCUT2D eigenvalue weighted by atomic mass is 10.1. The van der Waals surface area contributed by atoms with Crippen LogP contribution < -0.4 is 10.2 Å². The lowest BCUT2D eigenvalue weighted by Gasteiger charge is -2.25. The van der Waals surface area contributed by atoms with E-state index in [0.29, 0.717) is 32.1 Å². The molecule has 1 aliphatic heterocycles. The van der Waals surface area contributed by atoms with Crippen molar-refractivity contribution in [2.75, 3.05) is 29.5 Å². The van der Waals surface area contributed by atoms with Crippen LogP contribution in [0.15, 0.2) is 18.2 Å². The maximum atomic E-state index is 13.5. The van der Waals surface area contributed by atoms with Crippen molar-refractivity contribution in [2.45, 2.75) is 32.9 Å². The largest absolute Gasteiger partial charge is 0.370 e. The Balaban J connectivity index is 2.21. The molecule has 118 valence electrons. The Bertz CT molecular complexity index is 587. The highest BCUT2D eigenvalue weighted by Crippen LogP contribution is 2.23. The van der Waals surface area contributed by atoms with Gasteiger partial charge in [-0.2, -0.15) is 0 Å². The van der Waals surface area contributed by atoms with E-state index in [2.05, 4.69) is 10.2 Å². The van der Waals surface area contributed by atoms with Crippen LogP contribution in [0.4, 0.5) is 10.1 Å². The monoisotopic (exact) mass is 314 g/mol. The van der Waals surface area contributed by atoms with Gasteiger partial charge in [0, 0.05) is 31.4 Å². The highest BCUT2D eigenvalue weighted by Gasteiger charge is 2.21. The Kier molecular flexibility index (Phi) is 5.22. The molecule has 4 nitrogen and oxygen atoms in total. The fraction of sp³-hybridized carbons (Fsp3) is 0.600. The molecule has 6 heteroatoms. The van der Waals surface area contributed by atoms with Gasteiger partial charge in [0.1, 0.15) is 5.82 Å². The molecule has 0 radical (unpaired) electrons. The Hall–Kier alpha value is -1.14. The number of anilines is 1. The zero-order valence-electron chi connectivity index (χ0n) is 12.6. The van der Waals surface area contributed by atoms with Gasteiger partial charge in [0.25, 0.3) is 0 Å². The van der Waals surface area contributed by atoms with Crippen LogP contribution in [0.3, 0.4) is 0 Å². The molecule has 1 heterocycles. The average molecular weight is 314 g/mol. The van der Waals surface area contributed by atoms with Crippen LogP contribution in [0.2, 0.25) is 0 Å². The molecule has 0 atom stereocenters. The van der Waals surface area contributed by atoms with Gasteiger partial charge in [-0.1, -0.05) is 13.8 Å². The number of halogens is 1. The van der Waals surface area contributed by atoms with E-state index >= 15 is 0 Å². The lowest BCUT2D eigenvalue weighted by Crippen LogP contribution is -2.29. The van der Waals surface area contributed by atoms with Gasteiger partial charge in [-0.05, 0) is 30.2 Å². The van der Waals surface area contributed by atoms with E-state index in [1.807, 2.05) is 13.8 Å². The minimum Gasteiger partial charge on any atom is -0.370 e. The number of nitrogens with one attached hydrogen (secondary N) is 1. The maximum Gasteiger partial charge on any atom is 0.152 e. The Morgan fingerprint density at radius 1 is 1.29 bits per heavy atom. The van der Waals surface area contributed by atoms with E-state index in [9.17, 15) is 12.8 Å². The van der Waals surface area contributed by atoms with E-state index in [-0.39, 0.29) is 17.3 Å². The second-order valence-corrected chi connectivity index (χ2v) is 8.10. The second-order valence-electron chi connectivity index (χ2n) is 5.80. The Labute approximate surface area is 126 Å². The van der Waals surface area contributed by atoms with Gasteiger partial charge >= 0.3 is 0 Å². The summed E-state index contributed by atoms with van der Waals surface area (Å²) in [5.74, 6) is 0.146. The highest BCUT2D eigenvalue weighted by atomic mass is 32.2. The first-order valence-corrected chi connectivity index (χ1v) is 9.17. The normalized spacial score (nSPS) is 18.8. The first-order chi connectivity index (χ1) is 9.87. The molecule has 0 aromatic heterocycles. The smallest absolute Gasteiger partial charge is 0.152 e. The van der Waals surface area contributed by atoms with Gasteiger partial charge in [0.05, 0.1) is 11.5 Å². The minimum atomic E-state index is -2.94. The van der Waals surface area contributed by atoms with Crippen LogP contribution in [-0.4, -0.2) is 39.1 Å². The molecular weight excluding hydrogens is 291 g/mol. The van der Waals surface area contributed by atoms with E-state index < -0.39 is 9.84 Å². The lowest BCUT2D eigenvalue weighted by molar-refractivity contribution is 0.580. The van der Waals surface area contributed by atoms with Crippen LogP contribution in [0, 0.1) is 5.82 Å². The molecule has 0 bridgehead atoms. The summed E-state index contributed by atoms with van der Waals surface area (Å²) < 4.78 is 36.9. The number of benzene rings is 1. The van der Waals surface area contributed by atoms with Crippen molar-refractivity contribution in [3.05, 3.63) is 29.6 Å². The Morgan fingerprint density at radius 2 is 2.05 bits per heavy atom. The highest BCUT2D eigenvalue weighted by molar-refractivity contribution is 7.91. The van der Waals surface area contributed by atoms with E-state index in [1.165, 1.54) is 12.1 Å². The molecule has 0 unspecified atom stereocenters. The summed E-state index contributed by atoms with van der Waals surface area (Å²) in [5.41, 5.74) is 1.81. The molecule has 0 amide bonds. The molecule has 0 spiro atoms. The molecule has 1 saturated heterocycles. The van der Waals surface area contributed by atoms with Gasteiger partial charge < -0.3 is 10.2 Å². The molecule has 2 rings (SSSR count). The van der Waals surface area contributed by atoms with Crippen molar-refractivity contribution in [1.29, 1.82) is 0 Å². The molecule has 0 saturated carbocycles. The summed E-state index contributed by atoms with van der Waals surface area (Å²) in [4.78, 5) is 2.06. The van der Waals surface area contributed by atoms with E-state index in [0.717, 1.165) is 11.3 Å². The molecule has 1 N–H and O–H groups in total. The summed E-state index contributed by atoms with van der Waals surface area (Å²) in [6.45, 7) is 5.82.